The van der Waals surface area contributed by atoms with Gasteiger partial charge in [0.2, 0.25) is 5.89 Å². The van der Waals surface area contributed by atoms with E-state index >= 15 is 0 Å². The first-order valence-electron chi connectivity index (χ1n) is 11.0. The SMILES string of the molecule is CC1(C)OB(c2ccccc2-c2nc3c4ccccc4c4ccccc4c3o2)OC1(C)C. The van der Waals surface area contributed by atoms with Crippen LogP contribution in [0.25, 0.3) is 44.1 Å². The van der Waals surface area contributed by atoms with Crippen molar-refractivity contribution in [3.8, 4) is 11.5 Å². The fourth-order valence-corrected chi connectivity index (χ4v) is 4.51. The monoisotopic (exact) mass is 421 g/mol. The topological polar surface area (TPSA) is 44.5 Å². The first kappa shape index (κ1) is 19.5. The number of aromatic nitrogens is 1. The molecule has 0 saturated carbocycles. The second kappa shape index (κ2) is 6.68. The van der Waals surface area contributed by atoms with Gasteiger partial charge in [-0.05, 0) is 50.0 Å². The summed E-state index contributed by atoms with van der Waals surface area (Å²) in [4.78, 5) is 4.99. The summed E-state index contributed by atoms with van der Waals surface area (Å²) in [5, 5.41) is 4.49. The summed E-state index contributed by atoms with van der Waals surface area (Å²) in [7, 11) is -0.486. The second-order valence-electron chi connectivity index (χ2n) is 9.46. The summed E-state index contributed by atoms with van der Waals surface area (Å²) < 4.78 is 19.1. The third kappa shape index (κ3) is 2.75. The molecule has 158 valence electrons. The van der Waals surface area contributed by atoms with Gasteiger partial charge in [-0.25, -0.2) is 4.98 Å². The molecule has 0 aliphatic carbocycles. The van der Waals surface area contributed by atoms with Crippen LogP contribution in [0, 0.1) is 0 Å². The molecule has 0 N–H and O–H groups in total. The van der Waals surface area contributed by atoms with E-state index in [2.05, 4.69) is 64.1 Å². The Labute approximate surface area is 187 Å². The van der Waals surface area contributed by atoms with Crippen LogP contribution in [-0.2, 0) is 9.31 Å². The van der Waals surface area contributed by atoms with E-state index in [1.165, 1.54) is 5.39 Å². The van der Waals surface area contributed by atoms with Crippen LogP contribution in [0.2, 0.25) is 0 Å². The molecule has 0 unspecified atom stereocenters. The Morgan fingerprint density at radius 2 is 1.19 bits per heavy atom. The summed E-state index contributed by atoms with van der Waals surface area (Å²) in [6, 6.07) is 24.7. The van der Waals surface area contributed by atoms with Crippen molar-refractivity contribution in [3.63, 3.8) is 0 Å². The molecule has 4 nitrogen and oxygen atoms in total. The third-order valence-electron chi connectivity index (χ3n) is 6.97. The van der Waals surface area contributed by atoms with Crippen LogP contribution in [0.1, 0.15) is 27.7 Å². The molecule has 0 amide bonds. The molecule has 0 bridgehead atoms. The summed E-state index contributed by atoms with van der Waals surface area (Å²) in [5.41, 5.74) is 2.65. The van der Waals surface area contributed by atoms with Crippen molar-refractivity contribution in [2.45, 2.75) is 38.9 Å². The lowest BCUT2D eigenvalue weighted by atomic mass is 9.76. The zero-order chi connectivity index (χ0) is 22.1. The molecule has 1 aliphatic heterocycles. The molecule has 2 heterocycles. The van der Waals surface area contributed by atoms with Crippen LogP contribution < -0.4 is 5.46 Å². The second-order valence-corrected chi connectivity index (χ2v) is 9.46. The van der Waals surface area contributed by atoms with E-state index in [1.54, 1.807) is 0 Å². The highest BCUT2D eigenvalue weighted by Gasteiger charge is 2.52. The first-order chi connectivity index (χ1) is 15.4. The predicted octanol–water partition coefficient (Wildman–Crippen LogP) is 6.10. The van der Waals surface area contributed by atoms with Gasteiger partial charge in [0.15, 0.2) is 5.58 Å². The lowest BCUT2D eigenvalue weighted by Crippen LogP contribution is -2.41. The van der Waals surface area contributed by atoms with Gasteiger partial charge in [0.25, 0.3) is 0 Å². The van der Waals surface area contributed by atoms with Crippen LogP contribution >= 0.6 is 0 Å². The molecule has 0 spiro atoms. The van der Waals surface area contributed by atoms with Crippen LogP contribution in [0.15, 0.2) is 77.2 Å². The van der Waals surface area contributed by atoms with Gasteiger partial charge in [0.05, 0.1) is 11.2 Å². The maximum absolute atomic E-state index is 6.46. The van der Waals surface area contributed by atoms with Crippen LogP contribution in [0.3, 0.4) is 0 Å². The molecule has 32 heavy (non-hydrogen) atoms. The highest BCUT2D eigenvalue weighted by atomic mass is 16.7. The molecular formula is C27H24BNO3. The van der Waals surface area contributed by atoms with E-state index in [9.17, 15) is 0 Å². The van der Waals surface area contributed by atoms with Gasteiger partial charge in [-0.15, -0.1) is 0 Å². The van der Waals surface area contributed by atoms with E-state index in [-0.39, 0.29) is 0 Å². The number of hydrogen-bond acceptors (Lipinski definition) is 4. The van der Waals surface area contributed by atoms with Gasteiger partial charge in [-0.1, -0.05) is 66.7 Å². The first-order valence-corrected chi connectivity index (χ1v) is 11.0. The molecule has 6 rings (SSSR count). The van der Waals surface area contributed by atoms with Crippen molar-refractivity contribution in [2.75, 3.05) is 0 Å². The van der Waals surface area contributed by atoms with Gasteiger partial charge >= 0.3 is 7.12 Å². The summed E-state index contributed by atoms with van der Waals surface area (Å²) in [6.45, 7) is 8.25. The quantitative estimate of drug-likeness (QED) is 0.255. The Hall–Kier alpha value is -3.15. The van der Waals surface area contributed by atoms with Gasteiger partial charge in [-0.2, -0.15) is 0 Å². The van der Waals surface area contributed by atoms with E-state index < -0.39 is 18.3 Å². The van der Waals surface area contributed by atoms with Gasteiger partial charge in [0.1, 0.15) is 5.52 Å². The third-order valence-corrected chi connectivity index (χ3v) is 6.97. The zero-order valence-electron chi connectivity index (χ0n) is 18.7. The minimum absolute atomic E-state index is 0.418. The Morgan fingerprint density at radius 1 is 0.656 bits per heavy atom. The summed E-state index contributed by atoms with van der Waals surface area (Å²) in [6.07, 6.45) is 0. The molecule has 4 aromatic carbocycles. The Morgan fingerprint density at radius 3 is 1.88 bits per heavy atom. The number of oxazole rings is 1. The number of rotatable bonds is 2. The van der Waals surface area contributed by atoms with Crippen molar-refractivity contribution >= 4 is 45.2 Å². The molecule has 5 heteroatoms. The standard InChI is InChI=1S/C27H24BNO3/c1-26(2)27(3,4)32-28(31-26)22-16-10-9-15-21(22)25-29-23-19-13-7-5-11-17(19)18-12-6-8-14-20(18)24(23)30-25/h5-16H,1-4H3. The van der Waals surface area contributed by atoms with Gasteiger partial charge in [-0.3, -0.25) is 0 Å². The molecule has 1 fully saturated rings. The Bertz CT molecular complexity index is 1410. The fraction of sp³-hybridized carbons (Fsp3) is 0.222. The maximum Gasteiger partial charge on any atom is 0.495 e. The number of hydrogen-bond donors (Lipinski definition) is 0. The van der Waals surface area contributed by atoms with Crippen LogP contribution in [0.5, 0.6) is 0 Å². The van der Waals surface area contributed by atoms with Crippen molar-refractivity contribution in [1.82, 2.24) is 4.98 Å². The van der Waals surface area contributed by atoms with Gasteiger partial charge in [0, 0.05) is 16.3 Å². The van der Waals surface area contributed by atoms with Crippen molar-refractivity contribution < 1.29 is 13.7 Å². The van der Waals surface area contributed by atoms with E-state index in [0.717, 1.165) is 38.3 Å². The molecule has 1 aromatic heterocycles. The summed E-state index contributed by atoms with van der Waals surface area (Å²) in [5.74, 6) is 0.576. The average Bonchev–Trinajstić information content (AvgIpc) is 3.33. The zero-order valence-corrected chi connectivity index (χ0v) is 18.7. The number of nitrogens with zero attached hydrogens (tertiary/aromatic N) is 1. The minimum Gasteiger partial charge on any atom is -0.435 e. The Kier molecular flexibility index (Phi) is 4.08. The van der Waals surface area contributed by atoms with Crippen molar-refractivity contribution in [1.29, 1.82) is 0 Å². The molecular weight excluding hydrogens is 397 g/mol. The number of fused-ring (bicyclic) bond motifs is 6. The maximum atomic E-state index is 6.46. The predicted molar refractivity (Wildman–Crippen MR) is 130 cm³/mol. The van der Waals surface area contributed by atoms with Crippen LogP contribution in [0.4, 0.5) is 0 Å². The Balaban J connectivity index is 1.59. The van der Waals surface area contributed by atoms with Crippen molar-refractivity contribution in [2.24, 2.45) is 0 Å². The summed E-state index contributed by atoms with van der Waals surface area (Å²) >= 11 is 0. The normalized spacial score (nSPS) is 17.6. The highest BCUT2D eigenvalue weighted by Crippen LogP contribution is 2.39. The lowest BCUT2D eigenvalue weighted by Gasteiger charge is -2.32. The van der Waals surface area contributed by atoms with E-state index in [0.29, 0.717) is 5.89 Å². The molecule has 0 atom stereocenters. The van der Waals surface area contributed by atoms with E-state index in [1.807, 2.05) is 36.4 Å². The highest BCUT2D eigenvalue weighted by molar-refractivity contribution is 6.63. The van der Waals surface area contributed by atoms with Gasteiger partial charge < -0.3 is 13.7 Å². The molecule has 1 saturated heterocycles. The molecule has 5 aromatic rings. The number of benzene rings is 4. The van der Waals surface area contributed by atoms with Crippen molar-refractivity contribution in [3.05, 3.63) is 72.8 Å². The smallest absolute Gasteiger partial charge is 0.435 e. The molecule has 0 radical (unpaired) electrons. The lowest BCUT2D eigenvalue weighted by molar-refractivity contribution is 0.00578. The average molecular weight is 421 g/mol. The molecule has 1 aliphatic rings. The van der Waals surface area contributed by atoms with Crippen LogP contribution in [-0.4, -0.2) is 23.3 Å². The minimum atomic E-state index is -0.486. The fourth-order valence-electron chi connectivity index (χ4n) is 4.51. The van der Waals surface area contributed by atoms with E-state index in [4.69, 9.17) is 18.7 Å². The largest absolute Gasteiger partial charge is 0.495 e.